The van der Waals surface area contributed by atoms with Crippen molar-refractivity contribution in [2.75, 3.05) is 7.11 Å². The third-order valence-corrected chi connectivity index (χ3v) is 3.62. The molecule has 0 saturated heterocycles. The highest BCUT2D eigenvalue weighted by molar-refractivity contribution is 5.94. The van der Waals surface area contributed by atoms with Crippen LogP contribution >= 0.6 is 0 Å². The van der Waals surface area contributed by atoms with Crippen molar-refractivity contribution < 1.29 is 9.53 Å². The van der Waals surface area contributed by atoms with E-state index in [0.717, 1.165) is 16.9 Å². The first-order chi connectivity index (χ1) is 10.4. The summed E-state index contributed by atoms with van der Waals surface area (Å²) in [7, 11) is 1.66. The van der Waals surface area contributed by atoms with E-state index in [1.165, 1.54) is 0 Å². The zero-order chi connectivity index (χ0) is 16.2. The number of ketones is 1. The van der Waals surface area contributed by atoms with Crippen molar-refractivity contribution in [3.05, 3.63) is 65.2 Å². The lowest BCUT2D eigenvalue weighted by Crippen LogP contribution is -2.14. The van der Waals surface area contributed by atoms with Crippen LogP contribution in [0.1, 0.15) is 42.3 Å². The minimum Gasteiger partial charge on any atom is -0.497 e. The molecule has 22 heavy (non-hydrogen) atoms. The zero-order valence-corrected chi connectivity index (χ0v) is 13.4. The van der Waals surface area contributed by atoms with Crippen molar-refractivity contribution in [1.29, 1.82) is 0 Å². The van der Waals surface area contributed by atoms with Gasteiger partial charge in [0.2, 0.25) is 0 Å². The molecule has 0 aliphatic heterocycles. The summed E-state index contributed by atoms with van der Waals surface area (Å²) >= 11 is 0. The molecule has 0 N–H and O–H groups in total. The van der Waals surface area contributed by atoms with Gasteiger partial charge < -0.3 is 4.74 Å². The standard InChI is InChI=1S/C20H20O2/c1-15(21)17-7-5-16(6-8-17)13-14-20(2,3)18-9-11-19(22-4)12-10-18/h5-12H,1-4H3. The van der Waals surface area contributed by atoms with Gasteiger partial charge in [-0.05, 0) is 50.6 Å². The Hall–Kier alpha value is -2.53. The Kier molecular flexibility index (Phi) is 4.68. The molecule has 2 nitrogen and oxygen atoms in total. The highest BCUT2D eigenvalue weighted by atomic mass is 16.5. The monoisotopic (exact) mass is 292 g/mol. The Morgan fingerprint density at radius 3 is 2.09 bits per heavy atom. The van der Waals surface area contributed by atoms with Crippen LogP contribution in [-0.4, -0.2) is 12.9 Å². The quantitative estimate of drug-likeness (QED) is 0.625. The number of hydrogen-bond donors (Lipinski definition) is 0. The average Bonchev–Trinajstić information content (AvgIpc) is 2.53. The van der Waals surface area contributed by atoms with Gasteiger partial charge in [-0.3, -0.25) is 4.79 Å². The lowest BCUT2D eigenvalue weighted by atomic mass is 9.85. The van der Waals surface area contributed by atoms with Crippen molar-refractivity contribution in [2.24, 2.45) is 0 Å². The first-order valence-electron chi connectivity index (χ1n) is 7.21. The fraction of sp³-hybridized carbons (Fsp3) is 0.250. The van der Waals surface area contributed by atoms with E-state index in [1.807, 2.05) is 48.5 Å². The molecule has 0 radical (unpaired) electrons. The highest BCUT2D eigenvalue weighted by Gasteiger charge is 2.17. The topological polar surface area (TPSA) is 26.3 Å². The molecule has 0 atom stereocenters. The van der Waals surface area contributed by atoms with Gasteiger partial charge in [-0.1, -0.05) is 36.1 Å². The molecule has 2 aromatic rings. The molecule has 0 heterocycles. The van der Waals surface area contributed by atoms with Crippen LogP contribution in [0.4, 0.5) is 0 Å². The second-order valence-corrected chi connectivity index (χ2v) is 5.74. The summed E-state index contributed by atoms with van der Waals surface area (Å²) in [6.07, 6.45) is 0. The zero-order valence-electron chi connectivity index (χ0n) is 13.4. The number of Topliss-reactive ketones (excluding diaryl/α,β-unsaturated/α-hetero) is 1. The molecule has 112 valence electrons. The van der Waals surface area contributed by atoms with Gasteiger partial charge in [0.25, 0.3) is 0 Å². The van der Waals surface area contributed by atoms with E-state index in [0.29, 0.717) is 5.56 Å². The molecule has 0 amide bonds. The van der Waals surface area contributed by atoms with Gasteiger partial charge in [-0.2, -0.15) is 0 Å². The molecular formula is C20H20O2. The number of ether oxygens (including phenoxy) is 1. The molecule has 0 bridgehead atoms. The summed E-state index contributed by atoms with van der Waals surface area (Å²) in [5.74, 6) is 7.40. The Balaban J connectivity index is 2.22. The predicted molar refractivity (Wildman–Crippen MR) is 89.3 cm³/mol. The molecule has 0 aromatic heterocycles. The summed E-state index contributed by atoms with van der Waals surface area (Å²) in [4.78, 5) is 11.3. The molecule has 0 saturated carbocycles. The molecule has 2 aromatic carbocycles. The van der Waals surface area contributed by atoms with Crippen LogP contribution in [-0.2, 0) is 5.41 Å². The molecule has 0 unspecified atom stereocenters. The third-order valence-electron chi connectivity index (χ3n) is 3.62. The summed E-state index contributed by atoms with van der Waals surface area (Å²) in [6, 6.07) is 15.3. The van der Waals surface area contributed by atoms with Crippen molar-refractivity contribution in [1.82, 2.24) is 0 Å². The highest BCUT2D eigenvalue weighted by Crippen LogP contribution is 2.24. The Bertz CT molecular complexity index is 711. The van der Waals surface area contributed by atoms with Crippen LogP contribution in [0.25, 0.3) is 0 Å². The van der Waals surface area contributed by atoms with Crippen LogP contribution in [0.2, 0.25) is 0 Å². The molecule has 2 heteroatoms. The van der Waals surface area contributed by atoms with Gasteiger partial charge in [0, 0.05) is 11.1 Å². The smallest absolute Gasteiger partial charge is 0.159 e. The molecule has 0 aliphatic rings. The maximum absolute atomic E-state index is 11.3. The Labute approximate surface area is 132 Å². The van der Waals surface area contributed by atoms with E-state index >= 15 is 0 Å². The van der Waals surface area contributed by atoms with Crippen LogP contribution in [0.15, 0.2) is 48.5 Å². The SMILES string of the molecule is COc1ccc(C(C)(C)C#Cc2ccc(C(C)=O)cc2)cc1. The average molecular weight is 292 g/mol. The predicted octanol–water partition coefficient (Wildman–Crippen LogP) is 4.23. The summed E-state index contributed by atoms with van der Waals surface area (Å²) < 4.78 is 5.18. The minimum atomic E-state index is -0.258. The van der Waals surface area contributed by atoms with Gasteiger partial charge in [0.05, 0.1) is 12.5 Å². The van der Waals surface area contributed by atoms with Crippen molar-refractivity contribution >= 4 is 5.78 Å². The van der Waals surface area contributed by atoms with E-state index in [4.69, 9.17) is 4.74 Å². The summed E-state index contributed by atoms with van der Waals surface area (Å²) in [5, 5.41) is 0. The molecule has 0 spiro atoms. The second kappa shape index (κ2) is 6.49. The first-order valence-corrected chi connectivity index (χ1v) is 7.21. The second-order valence-electron chi connectivity index (χ2n) is 5.74. The van der Waals surface area contributed by atoms with Crippen molar-refractivity contribution in [3.63, 3.8) is 0 Å². The van der Waals surface area contributed by atoms with Crippen LogP contribution in [0.5, 0.6) is 5.75 Å². The van der Waals surface area contributed by atoms with E-state index in [9.17, 15) is 4.79 Å². The number of carbonyl (C=O) groups is 1. The number of carbonyl (C=O) groups excluding carboxylic acids is 1. The van der Waals surface area contributed by atoms with Crippen LogP contribution in [0.3, 0.4) is 0 Å². The lowest BCUT2D eigenvalue weighted by molar-refractivity contribution is 0.101. The first kappa shape index (κ1) is 15.9. The molecule has 0 fully saturated rings. The molecular weight excluding hydrogens is 272 g/mol. The van der Waals surface area contributed by atoms with E-state index in [2.05, 4.69) is 25.7 Å². The maximum atomic E-state index is 11.3. The number of rotatable bonds is 3. The largest absolute Gasteiger partial charge is 0.497 e. The minimum absolute atomic E-state index is 0.0677. The van der Waals surface area contributed by atoms with E-state index < -0.39 is 0 Å². The van der Waals surface area contributed by atoms with Gasteiger partial charge in [-0.15, -0.1) is 0 Å². The Morgan fingerprint density at radius 2 is 1.59 bits per heavy atom. The number of methoxy groups -OCH3 is 1. The van der Waals surface area contributed by atoms with Crippen LogP contribution < -0.4 is 4.74 Å². The van der Waals surface area contributed by atoms with Crippen molar-refractivity contribution in [3.8, 4) is 17.6 Å². The van der Waals surface area contributed by atoms with E-state index in [1.54, 1.807) is 14.0 Å². The number of hydrogen-bond acceptors (Lipinski definition) is 2. The summed E-state index contributed by atoms with van der Waals surface area (Å²) in [6.45, 7) is 5.74. The normalized spacial score (nSPS) is 10.5. The van der Waals surface area contributed by atoms with E-state index in [-0.39, 0.29) is 11.2 Å². The van der Waals surface area contributed by atoms with Gasteiger partial charge in [0.15, 0.2) is 5.78 Å². The van der Waals surface area contributed by atoms with Gasteiger partial charge >= 0.3 is 0 Å². The fourth-order valence-corrected chi connectivity index (χ4v) is 2.10. The number of benzene rings is 2. The van der Waals surface area contributed by atoms with Gasteiger partial charge in [-0.25, -0.2) is 0 Å². The summed E-state index contributed by atoms with van der Waals surface area (Å²) in [5.41, 5.74) is 2.50. The maximum Gasteiger partial charge on any atom is 0.159 e. The Morgan fingerprint density at radius 1 is 1.00 bits per heavy atom. The van der Waals surface area contributed by atoms with Crippen molar-refractivity contribution in [2.45, 2.75) is 26.2 Å². The van der Waals surface area contributed by atoms with Crippen LogP contribution in [0, 0.1) is 11.8 Å². The third kappa shape index (κ3) is 3.77. The fourth-order valence-electron chi connectivity index (χ4n) is 2.10. The molecule has 2 rings (SSSR count). The molecule has 0 aliphatic carbocycles. The van der Waals surface area contributed by atoms with Gasteiger partial charge in [0.1, 0.15) is 5.75 Å². The lowest BCUT2D eigenvalue weighted by Gasteiger charge is -2.18.